The summed E-state index contributed by atoms with van der Waals surface area (Å²) in [5.41, 5.74) is 4.34. The number of hydrogen-bond acceptors (Lipinski definition) is 3. The van der Waals surface area contributed by atoms with Crippen molar-refractivity contribution in [2.45, 2.75) is 13.8 Å². The van der Waals surface area contributed by atoms with Crippen LogP contribution in [-0.2, 0) is 4.79 Å². The van der Waals surface area contributed by atoms with E-state index < -0.39 is 0 Å². The predicted octanol–water partition coefficient (Wildman–Crippen LogP) is 3.23. The van der Waals surface area contributed by atoms with Gasteiger partial charge < -0.3 is 10.1 Å². The Hall–Kier alpha value is -2.88. The molecule has 0 saturated carbocycles. The highest BCUT2D eigenvalue weighted by atomic mass is 16.5. The molecule has 0 bridgehead atoms. The smallest absolute Gasteiger partial charge is 0.275 e. The van der Waals surface area contributed by atoms with Gasteiger partial charge in [0.2, 0.25) is 0 Å². The van der Waals surface area contributed by atoms with Crippen LogP contribution in [0, 0.1) is 13.8 Å². The Morgan fingerprint density at radius 3 is 2.61 bits per heavy atom. The van der Waals surface area contributed by atoms with Crippen LogP contribution in [0.1, 0.15) is 22.3 Å². The molecular weight excluding hydrogens is 288 g/mol. The van der Waals surface area contributed by atoms with Gasteiger partial charge in [0.25, 0.3) is 5.91 Å². The molecule has 23 heavy (non-hydrogen) atoms. The van der Waals surface area contributed by atoms with Gasteiger partial charge in [0.1, 0.15) is 17.3 Å². The lowest BCUT2D eigenvalue weighted by Gasteiger charge is -2.05. The number of benzene rings is 2. The molecule has 1 amide bonds. The lowest BCUT2D eigenvalue weighted by molar-refractivity contribution is -0.115. The highest BCUT2D eigenvalue weighted by Crippen LogP contribution is 2.24. The quantitative estimate of drug-likeness (QED) is 0.885. The Labute approximate surface area is 135 Å². The molecule has 2 aromatic carbocycles. The second kappa shape index (κ2) is 6.08. The largest absolute Gasteiger partial charge is 0.496 e. The summed E-state index contributed by atoms with van der Waals surface area (Å²) in [6.07, 6.45) is 1.75. The number of aryl methyl sites for hydroxylation is 2. The Balaban J connectivity index is 2.00. The van der Waals surface area contributed by atoms with Crippen LogP contribution in [-0.4, -0.2) is 18.9 Å². The summed E-state index contributed by atoms with van der Waals surface area (Å²) in [6.45, 7) is 4.01. The number of amides is 1. The lowest BCUT2D eigenvalue weighted by atomic mass is 10.1. The maximum atomic E-state index is 12.2. The number of amidine groups is 1. The molecule has 4 nitrogen and oxygen atoms in total. The van der Waals surface area contributed by atoms with Crippen LogP contribution in [0.3, 0.4) is 0 Å². The van der Waals surface area contributed by atoms with Crippen LogP contribution in [0.2, 0.25) is 0 Å². The number of methoxy groups -OCH3 is 1. The second-order valence-corrected chi connectivity index (χ2v) is 5.56. The van der Waals surface area contributed by atoms with E-state index in [9.17, 15) is 4.79 Å². The van der Waals surface area contributed by atoms with Gasteiger partial charge in [0, 0.05) is 11.1 Å². The van der Waals surface area contributed by atoms with Crippen molar-refractivity contribution < 1.29 is 9.53 Å². The maximum absolute atomic E-state index is 12.2. The van der Waals surface area contributed by atoms with E-state index in [0.717, 1.165) is 28.0 Å². The molecule has 116 valence electrons. The summed E-state index contributed by atoms with van der Waals surface area (Å²) in [5, 5.41) is 2.82. The Bertz CT molecular complexity index is 835. The molecule has 4 heteroatoms. The fourth-order valence-corrected chi connectivity index (χ4v) is 2.51. The second-order valence-electron chi connectivity index (χ2n) is 5.56. The van der Waals surface area contributed by atoms with E-state index in [1.54, 1.807) is 13.2 Å². The third kappa shape index (κ3) is 3.16. The van der Waals surface area contributed by atoms with E-state index in [1.807, 2.05) is 56.3 Å². The molecule has 1 heterocycles. The van der Waals surface area contributed by atoms with Crippen molar-refractivity contribution in [3.8, 4) is 5.75 Å². The van der Waals surface area contributed by atoms with E-state index in [-0.39, 0.29) is 5.91 Å². The number of nitrogens with one attached hydrogen (secondary N) is 1. The van der Waals surface area contributed by atoms with Gasteiger partial charge in [-0.05, 0) is 38.1 Å². The number of hydrogen-bond donors (Lipinski definition) is 1. The molecule has 3 rings (SSSR count). The first-order valence-corrected chi connectivity index (χ1v) is 7.40. The van der Waals surface area contributed by atoms with Gasteiger partial charge in [-0.25, -0.2) is 4.99 Å². The van der Waals surface area contributed by atoms with Crippen molar-refractivity contribution >= 4 is 17.8 Å². The van der Waals surface area contributed by atoms with Crippen LogP contribution in [0.15, 0.2) is 53.2 Å². The predicted molar refractivity (Wildman–Crippen MR) is 91.6 cm³/mol. The molecule has 1 aliphatic rings. The molecule has 0 unspecified atom stereocenters. The summed E-state index contributed by atoms with van der Waals surface area (Å²) >= 11 is 0. The molecular formula is C19H18N2O2. The third-order valence-corrected chi connectivity index (χ3v) is 3.67. The monoisotopic (exact) mass is 306 g/mol. The first-order valence-electron chi connectivity index (χ1n) is 7.40. The standard InChI is InChI=1S/C19H18N2O2/c1-12-5-4-6-14(9-12)18-20-16(19(22)21-18)11-15-10-13(2)7-8-17(15)23-3/h4-11H,1-3H3,(H,20,21,22)/b16-11+. The van der Waals surface area contributed by atoms with Crippen molar-refractivity contribution in [2.24, 2.45) is 4.99 Å². The molecule has 1 N–H and O–H groups in total. The minimum absolute atomic E-state index is 0.204. The number of aliphatic imine (C=N–C) groups is 1. The van der Waals surface area contributed by atoms with E-state index in [0.29, 0.717) is 11.5 Å². The third-order valence-electron chi connectivity index (χ3n) is 3.67. The van der Waals surface area contributed by atoms with Crippen LogP contribution in [0.5, 0.6) is 5.75 Å². The molecule has 1 aliphatic heterocycles. The molecule has 0 aliphatic carbocycles. The van der Waals surface area contributed by atoms with E-state index in [1.165, 1.54) is 0 Å². The molecule has 0 radical (unpaired) electrons. The van der Waals surface area contributed by atoms with Gasteiger partial charge in [0.15, 0.2) is 0 Å². The van der Waals surface area contributed by atoms with Gasteiger partial charge in [0.05, 0.1) is 7.11 Å². The minimum atomic E-state index is -0.204. The number of ether oxygens (including phenoxy) is 1. The van der Waals surface area contributed by atoms with Crippen LogP contribution in [0.4, 0.5) is 0 Å². The molecule has 0 atom stereocenters. The highest BCUT2D eigenvalue weighted by Gasteiger charge is 2.21. The molecule has 2 aromatic rings. The first-order chi connectivity index (χ1) is 11.1. The topological polar surface area (TPSA) is 50.7 Å². The number of carbonyl (C=O) groups excluding carboxylic acids is 1. The normalized spacial score (nSPS) is 15.5. The summed E-state index contributed by atoms with van der Waals surface area (Å²) < 4.78 is 5.35. The van der Waals surface area contributed by atoms with Gasteiger partial charge in [-0.2, -0.15) is 0 Å². The SMILES string of the molecule is COc1ccc(C)cc1/C=C1/N=C(c2cccc(C)c2)NC1=O. The Morgan fingerprint density at radius 2 is 1.87 bits per heavy atom. The molecule has 0 saturated heterocycles. The Kier molecular flexibility index (Phi) is 3.98. The van der Waals surface area contributed by atoms with Gasteiger partial charge in [-0.3, -0.25) is 4.79 Å². The zero-order valence-electron chi connectivity index (χ0n) is 13.4. The number of carbonyl (C=O) groups is 1. The van der Waals surface area contributed by atoms with Crippen LogP contribution >= 0.6 is 0 Å². The lowest BCUT2D eigenvalue weighted by Crippen LogP contribution is -2.24. The maximum Gasteiger partial charge on any atom is 0.275 e. The van der Waals surface area contributed by atoms with Gasteiger partial charge in [-0.15, -0.1) is 0 Å². The van der Waals surface area contributed by atoms with Gasteiger partial charge >= 0.3 is 0 Å². The van der Waals surface area contributed by atoms with E-state index >= 15 is 0 Å². The zero-order chi connectivity index (χ0) is 16.4. The van der Waals surface area contributed by atoms with Crippen LogP contribution < -0.4 is 10.1 Å². The summed E-state index contributed by atoms with van der Waals surface area (Å²) in [4.78, 5) is 16.6. The van der Waals surface area contributed by atoms with Crippen molar-refractivity contribution in [3.63, 3.8) is 0 Å². The molecule has 0 aromatic heterocycles. The molecule has 0 spiro atoms. The average molecular weight is 306 g/mol. The summed E-state index contributed by atoms with van der Waals surface area (Å²) in [5.74, 6) is 1.09. The van der Waals surface area contributed by atoms with Crippen molar-refractivity contribution in [1.29, 1.82) is 0 Å². The summed E-state index contributed by atoms with van der Waals surface area (Å²) in [7, 11) is 1.61. The summed E-state index contributed by atoms with van der Waals surface area (Å²) in [6, 6.07) is 13.7. The van der Waals surface area contributed by atoms with Gasteiger partial charge in [-0.1, -0.05) is 35.4 Å². The average Bonchev–Trinajstić information content (AvgIpc) is 2.89. The molecule has 0 fully saturated rings. The fourth-order valence-electron chi connectivity index (χ4n) is 2.51. The Morgan fingerprint density at radius 1 is 1.09 bits per heavy atom. The van der Waals surface area contributed by atoms with Crippen molar-refractivity contribution in [1.82, 2.24) is 5.32 Å². The number of rotatable bonds is 3. The highest BCUT2D eigenvalue weighted by molar-refractivity contribution is 6.19. The zero-order valence-corrected chi connectivity index (χ0v) is 13.4. The van der Waals surface area contributed by atoms with E-state index in [2.05, 4.69) is 10.3 Å². The number of nitrogens with zero attached hydrogens (tertiary/aromatic N) is 1. The first kappa shape index (κ1) is 15.0. The van der Waals surface area contributed by atoms with Crippen molar-refractivity contribution in [3.05, 3.63) is 70.4 Å². The van der Waals surface area contributed by atoms with Crippen molar-refractivity contribution in [2.75, 3.05) is 7.11 Å². The van der Waals surface area contributed by atoms with E-state index in [4.69, 9.17) is 4.74 Å². The fraction of sp³-hybridized carbons (Fsp3) is 0.158. The van der Waals surface area contributed by atoms with Crippen LogP contribution in [0.25, 0.3) is 6.08 Å². The minimum Gasteiger partial charge on any atom is -0.496 e.